The number of hydrogen-bond acceptors (Lipinski definition) is 1. The van der Waals surface area contributed by atoms with Gasteiger partial charge in [0.1, 0.15) is 5.82 Å². The molecule has 1 unspecified atom stereocenters. The van der Waals surface area contributed by atoms with E-state index in [4.69, 9.17) is 4.74 Å². The van der Waals surface area contributed by atoms with Crippen molar-refractivity contribution < 1.29 is 9.13 Å². The fourth-order valence-electron chi connectivity index (χ4n) is 3.04. The van der Waals surface area contributed by atoms with E-state index in [-0.39, 0.29) is 5.82 Å². The second kappa shape index (κ2) is 4.77. The van der Waals surface area contributed by atoms with Crippen molar-refractivity contribution in [2.45, 2.75) is 44.1 Å². The smallest absolute Gasteiger partial charge is 0.123 e. The van der Waals surface area contributed by atoms with Gasteiger partial charge in [0.05, 0.1) is 12.7 Å². The first-order valence-corrected chi connectivity index (χ1v) is 6.68. The molecule has 1 aromatic carbocycles. The number of rotatable bonds is 3. The Kier molecular flexibility index (Phi) is 3.15. The van der Waals surface area contributed by atoms with E-state index in [1.54, 1.807) is 12.1 Å². The van der Waals surface area contributed by atoms with Crippen LogP contribution in [-0.2, 0) is 4.74 Å². The van der Waals surface area contributed by atoms with Gasteiger partial charge in [0.25, 0.3) is 0 Å². The lowest BCUT2D eigenvalue weighted by atomic mass is 9.77. The molecule has 1 heterocycles. The molecule has 1 nitrogen and oxygen atoms in total. The zero-order chi connectivity index (χ0) is 11.7. The van der Waals surface area contributed by atoms with Crippen LogP contribution in [0.1, 0.15) is 43.6 Å². The van der Waals surface area contributed by atoms with Crippen LogP contribution in [0.4, 0.5) is 4.39 Å². The molecule has 2 heteroatoms. The molecule has 17 heavy (non-hydrogen) atoms. The summed E-state index contributed by atoms with van der Waals surface area (Å²) in [5.74, 6) is 1.37. The van der Waals surface area contributed by atoms with Crippen molar-refractivity contribution in [1.29, 1.82) is 0 Å². The van der Waals surface area contributed by atoms with Gasteiger partial charge in [-0.25, -0.2) is 4.39 Å². The fraction of sp³-hybridized carbons (Fsp3) is 0.600. The van der Waals surface area contributed by atoms with Crippen molar-refractivity contribution in [1.82, 2.24) is 0 Å². The average Bonchev–Trinajstić information content (AvgIpc) is 3.15. The van der Waals surface area contributed by atoms with E-state index in [2.05, 4.69) is 0 Å². The average molecular weight is 234 g/mol. The first-order chi connectivity index (χ1) is 8.31. The minimum atomic E-state index is -0.131. The summed E-state index contributed by atoms with van der Waals surface area (Å²) in [6, 6.07) is 7.06. The summed E-state index contributed by atoms with van der Waals surface area (Å²) in [5.41, 5.74) is 1.31. The highest BCUT2D eigenvalue weighted by molar-refractivity contribution is 5.20. The third kappa shape index (κ3) is 2.86. The zero-order valence-corrected chi connectivity index (χ0v) is 10.1. The molecule has 0 spiro atoms. The Morgan fingerprint density at radius 3 is 2.29 bits per heavy atom. The van der Waals surface area contributed by atoms with Crippen LogP contribution in [0.2, 0.25) is 0 Å². The SMILES string of the molecule is Fc1ccc(C2CCC(CC3CO3)CC2)cc1. The molecule has 92 valence electrons. The molecule has 2 aliphatic rings. The van der Waals surface area contributed by atoms with Crippen LogP contribution in [0.5, 0.6) is 0 Å². The molecule has 0 aromatic heterocycles. The number of benzene rings is 1. The summed E-state index contributed by atoms with van der Waals surface area (Å²) in [6.45, 7) is 0.984. The van der Waals surface area contributed by atoms with Gasteiger partial charge in [-0.1, -0.05) is 12.1 Å². The van der Waals surface area contributed by atoms with Gasteiger partial charge in [0, 0.05) is 0 Å². The summed E-state index contributed by atoms with van der Waals surface area (Å²) in [5, 5.41) is 0. The Labute approximate surface area is 102 Å². The van der Waals surface area contributed by atoms with Crippen LogP contribution in [0.15, 0.2) is 24.3 Å². The van der Waals surface area contributed by atoms with E-state index in [0.29, 0.717) is 12.0 Å². The van der Waals surface area contributed by atoms with Gasteiger partial charge in [-0.05, 0) is 61.6 Å². The molecule has 0 N–H and O–H groups in total. The maximum absolute atomic E-state index is 12.9. The van der Waals surface area contributed by atoms with E-state index < -0.39 is 0 Å². The van der Waals surface area contributed by atoms with Crippen molar-refractivity contribution in [2.75, 3.05) is 6.61 Å². The molecule has 1 saturated carbocycles. The molecule has 0 radical (unpaired) electrons. The number of halogens is 1. The number of epoxide rings is 1. The van der Waals surface area contributed by atoms with E-state index in [0.717, 1.165) is 12.5 Å². The largest absolute Gasteiger partial charge is 0.373 e. The highest BCUT2D eigenvalue weighted by Gasteiger charge is 2.29. The van der Waals surface area contributed by atoms with Crippen LogP contribution in [0.3, 0.4) is 0 Å². The lowest BCUT2D eigenvalue weighted by Crippen LogP contribution is -2.14. The molecule has 3 rings (SSSR count). The second-order valence-corrected chi connectivity index (χ2v) is 5.46. The molecule has 1 atom stereocenters. The van der Waals surface area contributed by atoms with Gasteiger partial charge in [-0.15, -0.1) is 0 Å². The van der Waals surface area contributed by atoms with Crippen molar-refractivity contribution in [3.63, 3.8) is 0 Å². The zero-order valence-electron chi connectivity index (χ0n) is 10.1. The third-order valence-corrected chi connectivity index (χ3v) is 4.19. The predicted octanol–water partition coefficient (Wildman–Crippen LogP) is 3.89. The summed E-state index contributed by atoms with van der Waals surface area (Å²) in [6.07, 6.45) is 6.95. The highest BCUT2D eigenvalue weighted by Crippen LogP contribution is 2.38. The van der Waals surface area contributed by atoms with Crippen molar-refractivity contribution in [3.05, 3.63) is 35.6 Å². The molecule has 0 amide bonds. The molecule has 1 saturated heterocycles. The number of ether oxygens (including phenoxy) is 1. The molecule has 2 fully saturated rings. The Balaban J connectivity index is 1.54. The van der Waals surface area contributed by atoms with E-state index in [1.165, 1.54) is 37.7 Å². The van der Waals surface area contributed by atoms with Crippen LogP contribution < -0.4 is 0 Å². The minimum absolute atomic E-state index is 0.131. The second-order valence-electron chi connectivity index (χ2n) is 5.46. The maximum atomic E-state index is 12.9. The van der Waals surface area contributed by atoms with E-state index in [9.17, 15) is 4.39 Å². The third-order valence-electron chi connectivity index (χ3n) is 4.19. The molecule has 1 aliphatic carbocycles. The Bertz CT molecular complexity index is 361. The van der Waals surface area contributed by atoms with Gasteiger partial charge in [0.15, 0.2) is 0 Å². The molecule has 1 aliphatic heterocycles. The van der Waals surface area contributed by atoms with Gasteiger partial charge >= 0.3 is 0 Å². The van der Waals surface area contributed by atoms with Gasteiger partial charge in [-0.2, -0.15) is 0 Å². The maximum Gasteiger partial charge on any atom is 0.123 e. The quantitative estimate of drug-likeness (QED) is 0.723. The van der Waals surface area contributed by atoms with Gasteiger partial charge < -0.3 is 4.74 Å². The lowest BCUT2D eigenvalue weighted by molar-refractivity contribution is 0.276. The van der Waals surface area contributed by atoms with Gasteiger partial charge in [-0.3, -0.25) is 0 Å². The number of hydrogen-bond donors (Lipinski definition) is 0. The lowest BCUT2D eigenvalue weighted by Gasteiger charge is -2.28. The Hall–Kier alpha value is -0.890. The molecule has 0 bridgehead atoms. The van der Waals surface area contributed by atoms with Crippen LogP contribution >= 0.6 is 0 Å². The van der Waals surface area contributed by atoms with Crippen molar-refractivity contribution in [2.24, 2.45) is 5.92 Å². The highest BCUT2D eigenvalue weighted by atomic mass is 19.1. The van der Waals surface area contributed by atoms with Gasteiger partial charge in [0.2, 0.25) is 0 Å². The first-order valence-electron chi connectivity index (χ1n) is 6.68. The monoisotopic (exact) mass is 234 g/mol. The molecule has 1 aromatic rings. The predicted molar refractivity (Wildman–Crippen MR) is 65.5 cm³/mol. The Morgan fingerprint density at radius 1 is 1.06 bits per heavy atom. The summed E-state index contributed by atoms with van der Waals surface area (Å²) in [7, 11) is 0. The first kappa shape index (κ1) is 11.2. The normalized spacial score (nSPS) is 32.4. The summed E-state index contributed by atoms with van der Waals surface area (Å²) >= 11 is 0. The molecular formula is C15H19FO. The van der Waals surface area contributed by atoms with Crippen LogP contribution in [-0.4, -0.2) is 12.7 Å². The minimum Gasteiger partial charge on any atom is -0.373 e. The fourth-order valence-corrected chi connectivity index (χ4v) is 3.04. The van der Waals surface area contributed by atoms with E-state index in [1.807, 2.05) is 12.1 Å². The van der Waals surface area contributed by atoms with Crippen LogP contribution in [0, 0.1) is 11.7 Å². The van der Waals surface area contributed by atoms with Crippen molar-refractivity contribution in [3.8, 4) is 0 Å². The standard InChI is InChI=1S/C15H19FO/c16-14-7-5-13(6-8-14)12-3-1-11(2-4-12)9-15-10-17-15/h5-8,11-12,15H,1-4,9-10H2. The summed E-state index contributed by atoms with van der Waals surface area (Å²) < 4.78 is 18.1. The van der Waals surface area contributed by atoms with E-state index >= 15 is 0 Å². The van der Waals surface area contributed by atoms with Crippen molar-refractivity contribution >= 4 is 0 Å². The Morgan fingerprint density at radius 2 is 1.71 bits per heavy atom. The summed E-state index contributed by atoms with van der Waals surface area (Å²) in [4.78, 5) is 0. The molecular weight excluding hydrogens is 215 g/mol. The van der Waals surface area contributed by atoms with Crippen LogP contribution in [0.25, 0.3) is 0 Å². The topological polar surface area (TPSA) is 12.5 Å².